The zero-order chi connectivity index (χ0) is 30.4. The monoisotopic (exact) mass is 594 g/mol. The molecule has 2 N–H and O–H groups in total. The van der Waals surface area contributed by atoms with Gasteiger partial charge in [-0.1, -0.05) is 127 Å². The van der Waals surface area contributed by atoms with Crippen LogP contribution in [0, 0.1) is 0 Å². The highest BCUT2D eigenvalue weighted by molar-refractivity contribution is 8.00. The molecule has 5 nitrogen and oxygen atoms in total. The molecule has 0 amide bonds. The molecule has 0 aliphatic heterocycles. The van der Waals surface area contributed by atoms with Gasteiger partial charge in [-0.15, -0.1) is 0 Å². The number of hydrogen-bond donors (Lipinski definition) is 2. The van der Waals surface area contributed by atoms with Gasteiger partial charge in [0.1, 0.15) is 10.5 Å². The van der Waals surface area contributed by atoms with E-state index in [1.54, 1.807) is 6.07 Å². The predicted octanol–water partition coefficient (Wildman–Crippen LogP) is 9.73. The molecule has 0 aliphatic carbocycles. The number of carboxylic acid groups (broad SMARTS) is 1. The molecule has 3 rings (SSSR count). The molecule has 230 valence electrons. The van der Waals surface area contributed by atoms with Gasteiger partial charge in [-0.3, -0.25) is 4.79 Å². The van der Waals surface area contributed by atoms with Crippen LogP contribution in [0.4, 0.5) is 0 Å². The fourth-order valence-corrected chi connectivity index (χ4v) is 7.19. The number of unbranched alkanes of at least 4 members (excludes halogenated alkanes) is 9. The highest BCUT2D eigenvalue weighted by Crippen LogP contribution is 2.41. The minimum Gasteiger partial charge on any atom is -0.475 e. The maximum Gasteiger partial charge on any atom is 0.371 e. The summed E-state index contributed by atoms with van der Waals surface area (Å²) in [6, 6.07) is 13.1. The Morgan fingerprint density at radius 1 is 0.810 bits per heavy atom. The van der Waals surface area contributed by atoms with Crippen LogP contribution in [0.3, 0.4) is 0 Å². The number of rotatable bonds is 20. The number of carbonyl (C=O) groups is 1. The molecular weight excluding hydrogens is 544 g/mol. The molecule has 1 heterocycles. The quantitative estimate of drug-likeness (QED) is 0.0769. The Balaban J connectivity index is 1.73. The molecule has 42 heavy (non-hydrogen) atoms. The minimum atomic E-state index is -1.27. The number of aromatic carboxylic acids is 1. The second-order valence-corrected chi connectivity index (χ2v) is 13.0. The lowest BCUT2D eigenvalue weighted by Crippen LogP contribution is -2.28. The maximum absolute atomic E-state index is 12.7. The highest BCUT2D eigenvalue weighted by Gasteiger charge is 2.30. The minimum absolute atomic E-state index is 0.312. The molecule has 3 aromatic rings. The number of carboxylic acids is 1. The van der Waals surface area contributed by atoms with Gasteiger partial charge in [-0.05, 0) is 48.9 Å². The third-order valence-electron chi connectivity index (χ3n) is 7.99. The van der Waals surface area contributed by atoms with Gasteiger partial charge in [0.25, 0.3) is 0 Å². The maximum atomic E-state index is 12.7. The molecule has 1 atom stereocenters. The lowest BCUT2D eigenvalue weighted by molar-refractivity contribution is 0.0663. The van der Waals surface area contributed by atoms with Crippen LogP contribution in [0.15, 0.2) is 56.6 Å². The van der Waals surface area contributed by atoms with Crippen molar-refractivity contribution in [2.75, 3.05) is 0 Å². The van der Waals surface area contributed by atoms with E-state index in [9.17, 15) is 19.8 Å². The molecule has 0 saturated carbocycles. The highest BCUT2D eigenvalue weighted by atomic mass is 32.2. The normalized spacial score (nSPS) is 13.0. The van der Waals surface area contributed by atoms with Crippen LogP contribution in [-0.2, 0) is 19.3 Å². The summed E-state index contributed by atoms with van der Waals surface area (Å²) in [5, 5.41) is 21.9. The number of fused-ring (bicyclic) bond motifs is 1. The Morgan fingerprint density at radius 2 is 1.45 bits per heavy atom. The van der Waals surface area contributed by atoms with Crippen LogP contribution >= 0.6 is 11.8 Å². The summed E-state index contributed by atoms with van der Waals surface area (Å²) in [7, 11) is 0. The lowest BCUT2D eigenvalue weighted by atomic mass is 9.95. The zero-order valence-electron chi connectivity index (χ0n) is 25.9. The lowest BCUT2D eigenvalue weighted by Gasteiger charge is -2.29. The largest absolute Gasteiger partial charge is 0.475 e. The van der Waals surface area contributed by atoms with Gasteiger partial charge in [-0.25, -0.2) is 4.79 Å². The van der Waals surface area contributed by atoms with E-state index < -0.39 is 10.9 Å². The average molecular weight is 595 g/mol. The summed E-state index contributed by atoms with van der Waals surface area (Å²) < 4.78 is 5.75. The van der Waals surface area contributed by atoms with Gasteiger partial charge in [-0.2, -0.15) is 0 Å². The van der Waals surface area contributed by atoms with E-state index in [0.29, 0.717) is 30.2 Å². The third-order valence-corrected chi connectivity index (χ3v) is 9.32. The van der Waals surface area contributed by atoms with Gasteiger partial charge in [0.05, 0.1) is 5.39 Å². The van der Waals surface area contributed by atoms with E-state index in [1.165, 1.54) is 80.7 Å². The van der Waals surface area contributed by atoms with Crippen molar-refractivity contribution in [2.24, 2.45) is 0 Å². The number of thioether (sulfide) groups is 1. The van der Waals surface area contributed by atoms with E-state index in [1.807, 2.05) is 13.0 Å². The van der Waals surface area contributed by atoms with Crippen LogP contribution in [0.25, 0.3) is 11.0 Å². The number of hydrogen-bond acceptors (Lipinski definition) is 5. The number of aryl methyl sites for hydroxylation is 2. The second kappa shape index (κ2) is 17.5. The summed E-state index contributed by atoms with van der Waals surface area (Å²) in [4.78, 5) is 24.1. The molecule has 0 bridgehead atoms. The van der Waals surface area contributed by atoms with Crippen molar-refractivity contribution >= 4 is 28.7 Å². The van der Waals surface area contributed by atoms with Crippen LogP contribution in [0.2, 0.25) is 0 Å². The smallest absolute Gasteiger partial charge is 0.371 e. The van der Waals surface area contributed by atoms with Crippen LogP contribution in [0.1, 0.15) is 131 Å². The molecule has 0 saturated heterocycles. The van der Waals surface area contributed by atoms with Crippen LogP contribution in [-0.4, -0.2) is 21.1 Å². The summed E-state index contributed by atoms with van der Waals surface area (Å²) in [6.45, 7) is 6.37. The van der Waals surface area contributed by atoms with Gasteiger partial charge < -0.3 is 14.6 Å². The van der Waals surface area contributed by atoms with E-state index >= 15 is 0 Å². The summed E-state index contributed by atoms with van der Waals surface area (Å²) in [6.07, 6.45) is 17.5. The summed E-state index contributed by atoms with van der Waals surface area (Å²) in [5.74, 6) is -1.63. The Labute approximate surface area is 256 Å². The van der Waals surface area contributed by atoms with Crippen LogP contribution in [0.5, 0.6) is 0 Å². The van der Waals surface area contributed by atoms with Gasteiger partial charge in [0, 0.05) is 22.9 Å². The van der Waals surface area contributed by atoms with Crippen LogP contribution < -0.4 is 5.43 Å². The number of benzene rings is 2. The standard InChI is InChI=1S/C36H50O5S/c1-4-7-8-9-10-11-12-13-14-15-19-27-20-16-17-21-28(27)26-36(40,24-6-3)42-33-23-22-29-31(37)25-32(35(38)39)41-34(29)30(33)18-5-2/h16-17,20-23,25,40H,4-15,18-19,24,26H2,1-3H3,(H,38,39)/t36-/m1/s1. The molecule has 2 aromatic carbocycles. The van der Waals surface area contributed by atoms with Crippen molar-refractivity contribution in [3.8, 4) is 0 Å². The van der Waals surface area contributed by atoms with Gasteiger partial charge >= 0.3 is 5.97 Å². The summed E-state index contributed by atoms with van der Waals surface area (Å²) >= 11 is 1.41. The van der Waals surface area contributed by atoms with Crippen molar-refractivity contribution in [3.05, 3.63) is 75.1 Å². The van der Waals surface area contributed by atoms with Crippen molar-refractivity contribution in [1.29, 1.82) is 0 Å². The van der Waals surface area contributed by atoms with Crippen molar-refractivity contribution in [2.45, 2.75) is 133 Å². The fourth-order valence-electron chi connectivity index (χ4n) is 5.79. The first-order valence-corrected chi connectivity index (χ1v) is 16.9. The summed E-state index contributed by atoms with van der Waals surface area (Å²) in [5.41, 5.74) is 3.21. The van der Waals surface area contributed by atoms with E-state index in [-0.39, 0.29) is 11.2 Å². The predicted molar refractivity (Wildman–Crippen MR) is 175 cm³/mol. The molecule has 0 radical (unpaired) electrons. The molecule has 6 heteroatoms. The molecular formula is C36H50O5S. The molecule has 0 unspecified atom stereocenters. The fraction of sp³-hybridized carbons (Fsp3) is 0.556. The van der Waals surface area contributed by atoms with E-state index in [2.05, 4.69) is 38.1 Å². The average Bonchev–Trinajstić information content (AvgIpc) is 2.96. The topological polar surface area (TPSA) is 87.7 Å². The van der Waals surface area contributed by atoms with E-state index in [0.717, 1.165) is 42.2 Å². The second-order valence-electron chi connectivity index (χ2n) is 11.6. The Kier molecular flexibility index (Phi) is 14.2. The first kappa shape index (κ1) is 33.9. The SMILES string of the molecule is CCCCCCCCCCCCc1ccccc1C[C@@](O)(CCC)Sc1ccc2c(=O)cc(C(=O)O)oc2c1CCC. The zero-order valence-corrected chi connectivity index (χ0v) is 26.7. The Bertz CT molecular complexity index is 1330. The molecule has 1 aromatic heterocycles. The van der Waals surface area contributed by atoms with Gasteiger partial charge in [0.15, 0.2) is 5.43 Å². The Hall–Kier alpha value is -2.57. The van der Waals surface area contributed by atoms with Crippen molar-refractivity contribution in [3.63, 3.8) is 0 Å². The first-order chi connectivity index (χ1) is 20.3. The first-order valence-electron chi connectivity index (χ1n) is 16.1. The molecule has 0 aliphatic rings. The van der Waals surface area contributed by atoms with Crippen molar-refractivity contribution in [1.82, 2.24) is 0 Å². The Morgan fingerprint density at radius 3 is 2.07 bits per heavy atom. The van der Waals surface area contributed by atoms with Gasteiger partial charge in [0.2, 0.25) is 5.76 Å². The third kappa shape index (κ3) is 10.0. The molecule has 0 fully saturated rings. The van der Waals surface area contributed by atoms with E-state index in [4.69, 9.17) is 4.42 Å². The molecule has 0 spiro atoms. The number of aliphatic hydroxyl groups is 1. The van der Waals surface area contributed by atoms with Crippen molar-refractivity contribution < 1.29 is 19.4 Å².